The molecule has 0 radical (unpaired) electrons. The summed E-state index contributed by atoms with van der Waals surface area (Å²) >= 11 is 0. The van der Waals surface area contributed by atoms with Crippen LogP contribution in [-0.4, -0.2) is 22.2 Å². The van der Waals surface area contributed by atoms with Crippen molar-refractivity contribution in [2.24, 2.45) is 11.8 Å². The van der Waals surface area contributed by atoms with Gasteiger partial charge >= 0.3 is 0 Å². The monoisotopic (exact) mass is 225 g/mol. The summed E-state index contributed by atoms with van der Waals surface area (Å²) in [5, 5.41) is 20.8. The van der Waals surface area contributed by atoms with Gasteiger partial charge in [0.05, 0.1) is 5.60 Å². The molecule has 1 N–H and O–H groups in total. The van der Waals surface area contributed by atoms with Crippen LogP contribution in [0.5, 0.6) is 0 Å². The lowest BCUT2D eigenvalue weighted by Crippen LogP contribution is -2.38. The van der Waals surface area contributed by atoms with Crippen molar-refractivity contribution in [1.82, 2.24) is 0 Å². The summed E-state index contributed by atoms with van der Waals surface area (Å²) in [7, 11) is 0. The Labute approximate surface area is 95.8 Å². The van der Waals surface area contributed by atoms with E-state index in [2.05, 4.69) is 13.2 Å². The molecule has 0 aromatic heterocycles. The topological polar surface area (TPSA) is 63.4 Å². The van der Waals surface area contributed by atoms with Gasteiger partial charge in [-0.3, -0.25) is 10.1 Å². The minimum atomic E-state index is -0.875. The lowest BCUT2D eigenvalue weighted by atomic mass is 9.80. The predicted octanol–water partition coefficient (Wildman–Crippen LogP) is 2.17. The fraction of sp³-hybridized carbons (Fsp3) is 0.667. The van der Waals surface area contributed by atoms with Gasteiger partial charge in [0.15, 0.2) is 0 Å². The molecule has 0 amide bonds. The molecule has 0 unspecified atom stereocenters. The SMILES string of the molecule is C=C[C@H]1CC[C@H](C=C)C1(O)CCC[N+](=O)[O-]. The van der Waals surface area contributed by atoms with Gasteiger partial charge in [0.25, 0.3) is 0 Å². The molecule has 2 atom stereocenters. The number of hydrogen-bond acceptors (Lipinski definition) is 3. The molecule has 0 saturated heterocycles. The van der Waals surface area contributed by atoms with Crippen LogP contribution in [0.2, 0.25) is 0 Å². The van der Waals surface area contributed by atoms with Crippen LogP contribution in [-0.2, 0) is 0 Å². The molecule has 1 saturated carbocycles. The van der Waals surface area contributed by atoms with Gasteiger partial charge in [0, 0.05) is 23.2 Å². The molecule has 16 heavy (non-hydrogen) atoms. The van der Waals surface area contributed by atoms with Gasteiger partial charge in [-0.1, -0.05) is 12.2 Å². The normalized spacial score (nSPS) is 27.6. The Morgan fingerprint density at radius 3 is 2.25 bits per heavy atom. The molecule has 0 spiro atoms. The molecule has 4 nitrogen and oxygen atoms in total. The molecule has 1 aliphatic carbocycles. The first-order valence-electron chi connectivity index (χ1n) is 5.64. The summed E-state index contributed by atoms with van der Waals surface area (Å²) in [5.41, 5.74) is -0.875. The third-order valence-corrected chi connectivity index (χ3v) is 3.56. The number of rotatable bonds is 6. The minimum absolute atomic E-state index is 0.0299. The second-order valence-corrected chi connectivity index (χ2v) is 4.41. The first-order chi connectivity index (χ1) is 7.54. The van der Waals surface area contributed by atoms with Gasteiger partial charge in [-0.25, -0.2) is 0 Å². The largest absolute Gasteiger partial charge is 0.389 e. The molecule has 4 heteroatoms. The van der Waals surface area contributed by atoms with E-state index >= 15 is 0 Å². The average Bonchev–Trinajstić information content (AvgIpc) is 2.54. The zero-order valence-electron chi connectivity index (χ0n) is 9.47. The molecule has 1 rings (SSSR count). The molecule has 0 heterocycles. The summed E-state index contributed by atoms with van der Waals surface area (Å²) < 4.78 is 0. The van der Waals surface area contributed by atoms with Crippen LogP contribution in [0, 0.1) is 22.0 Å². The van der Waals surface area contributed by atoms with Crippen LogP contribution in [0.4, 0.5) is 0 Å². The van der Waals surface area contributed by atoms with Crippen molar-refractivity contribution in [1.29, 1.82) is 0 Å². The Bertz CT molecular complexity index is 272. The molecule has 0 aliphatic heterocycles. The van der Waals surface area contributed by atoms with Crippen molar-refractivity contribution in [3.05, 3.63) is 35.4 Å². The van der Waals surface area contributed by atoms with Crippen LogP contribution >= 0.6 is 0 Å². The molecule has 90 valence electrons. The van der Waals surface area contributed by atoms with Crippen molar-refractivity contribution in [2.45, 2.75) is 31.3 Å². The molecule has 1 fully saturated rings. The smallest absolute Gasteiger partial charge is 0.204 e. The van der Waals surface area contributed by atoms with Gasteiger partial charge < -0.3 is 5.11 Å². The summed E-state index contributed by atoms with van der Waals surface area (Å²) in [6.45, 7) is 7.36. The fourth-order valence-electron chi connectivity index (χ4n) is 2.64. The van der Waals surface area contributed by atoms with E-state index < -0.39 is 5.60 Å². The third kappa shape index (κ3) is 2.50. The zero-order valence-corrected chi connectivity index (χ0v) is 9.47. The van der Waals surface area contributed by atoms with Crippen molar-refractivity contribution < 1.29 is 10.0 Å². The first kappa shape index (κ1) is 12.9. The highest BCUT2D eigenvalue weighted by Crippen LogP contribution is 2.44. The van der Waals surface area contributed by atoms with Gasteiger partial charge in [-0.05, 0) is 19.3 Å². The zero-order chi connectivity index (χ0) is 12.2. The second kappa shape index (κ2) is 5.25. The predicted molar refractivity (Wildman–Crippen MR) is 62.7 cm³/mol. The Morgan fingerprint density at radius 1 is 1.38 bits per heavy atom. The molecule has 0 bridgehead atoms. The van der Waals surface area contributed by atoms with E-state index in [4.69, 9.17) is 0 Å². The summed E-state index contributed by atoms with van der Waals surface area (Å²) in [5.74, 6) is 0.0597. The highest BCUT2D eigenvalue weighted by molar-refractivity contribution is 5.09. The Balaban J connectivity index is 2.64. The second-order valence-electron chi connectivity index (χ2n) is 4.41. The minimum Gasteiger partial charge on any atom is -0.389 e. The highest BCUT2D eigenvalue weighted by atomic mass is 16.6. The van der Waals surface area contributed by atoms with E-state index in [0.717, 1.165) is 12.8 Å². The standard InChI is InChI=1S/C12H19NO3/c1-3-10-6-7-11(4-2)12(10,14)8-5-9-13(15)16/h3-4,10-11,14H,1-2,5-9H2/t10-,11-/m0/s1. The third-order valence-electron chi connectivity index (χ3n) is 3.56. The lowest BCUT2D eigenvalue weighted by molar-refractivity contribution is -0.481. The maximum Gasteiger partial charge on any atom is 0.204 e. The van der Waals surface area contributed by atoms with Crippen LogP contribution in [0.15, 0.2) is 25.3 Å². The molecule has 0 aromatic carbocycles. The van der Waals surface area contributed by atoms with Gasteiger partial charge in [0.1, 0.15) is 0 Å². The van der Waals surface area contributed by atoms with Crippen molar-refractivity contribution in [3.63, 3.8) is 0 Å². The van der Waals surface area contributed by atoms with Crippen molar-refractivity contribution >= 4 is 0 Å². The first-order valence-corrected chi connectivity index (χ1v) is 5.64. The molecule has 0 aromatic rings. The van der Waals surface area contributed by atoms with Gasteiger partial charge in [-0.15, -0.1) is 13.2 Å². The van der Waals surface area contributed by atoms with E-state index in [0.29, 0.717) is 12.8 Å². The van der Waals surface area contributed by atoms with E-state index in [-0.39, 0.29) is 23.3 Å². The van der Waals surface area contributed by atoms with E-state index in [9.17, 15) is 15.2 Å². The van der Waals surface area contributed by atoms with E-state index in [1.54, 1.807) is 12.2 Å². The van der Waals surface area contributed by atoms with E-state index in [1.807, 2.05) is 0 Å². The number of hydrogen-bond donors (Lipinski definition) is 1. The number of nitro groups is 1. The van der Waals surface area contributed by atoms with Crippen LogP contribution in [0.25, 0.3) is 0 Å². The Hall–Kier alpha value is -1.16. The van der Waals surface area contributed by atoms with Crippen LogP contribution < -0.4 is 0 Å². The maximum absolute atomic E-state index is 10.6. The van der Waals surface area contributed by atoms with Gasteiger partial charge in [-0.2, -0.15) is 0 Å². The van der Waals surface area contributed by atoms with E-state index in [1.165, 1.54) is 0 Å². The van der Waals surface area contributed by atoms with Crippen molar-refractivity contribution in [2.75, 3.05) is 6.54 Å². The fourth-order valence-corrected chi connectivity index (χ4v) is 2.64. The number of nitrogens with zero attached hydrogens (tertiary/aromatic N) is 1. The van der Waals surface area contributed by atoms with Crippen molar-refractivity contribution in [3.8, 4) is 0 Å². The lowest BCUT2D eigenvalue weighted by Gasteiger charge is -2.32. The highest BCUT2D eigenvalue weighted by Gasteiger charge is 2.45. The Morgan fingerprint density at radius 2 is 1.88 bits per heavy atom. The average molecular weight is 225 g/mol. The number of aliphatic hydroxyl groups is 1. The quantitative estimate of drug-likeness (QED) is 0.428. The molecule has 1 aliphatic rings. The molecular weight excluding hydrogens is 206 g/mol. The van der Waals surface area contributed by atoms with Gasteiger partial charge in [0.2, 0.25) is 6.54 Å². The summed E-state index contributed by atoms with van der Waals surface area (Å²) in [4.78, 5) is 9.92. The Kier molecular flexibility index (Phi) is 4.24. The maximum atomic E-state index is 10.6. The molecular formula is C12H19NO3. The van der Waals surface area contributed by atoms with Crippen LogP contribution in [0.3, 0.4) is 0 Å². The van der Waals surface area contributed by atoms with Crippen LogP contribution in [0.1, 0.15) is 25.7 Å². The summed E-state index contributed by atoms with van der Waals surface area (Å²) in [6.07, 6.45) is 6.13. The summed E-state index contributed by atoms with van der Waals surface area (Å²) in [6, 6.07) is 0.